The number of unbranched alkanes of at least 4 members (excludes halogenated alkanes) is 8. The van der Waals surface area contributed by atoms with Crippen LogP contribution in [0.4, 0.5) is 0 Å². The normalized spacial score (nSPS) is 8.33. The van der Waals surface area contributed by atoms with Gasteiger partial charge in [-0.15, -0.1) is 29.7 Å². The first-order valence-electron chi connectivity index (χ1n) is 7.46. The Morgan fingerprint density at radius 2 is 1.28 bits per heavy atom. The summed E-state index contributed by atoms with van der Waals surface area (Å²) < 4.78 is 0. The van der Waals surface area contributed by atoms with Crippen molar-refractivity contribution in [2.24, 2.45) is 0 Å². The molecule has 0 N–H and O–H groups in total. The zero-order valence-electron chi connectivity index (χ0n) is 13.4. The molecule has 0 atom stereocenters. The molecule has 0 aromatic heterocycles. The van der Waals surface area contributed by atoms with Gasteiger partial charge in [0.15, 0.2) is 0 Å². The van der Waals surface area contributed by atoms with Gasteiger partial charge in [-0.2, -0.15) is 0 Å². The Bertz CT molecular complexity index is 158. The first-order chi connectivity index (χ1) is 8.65. The van der Waals surface area contributed by atoms with Crippen molar-refractivity contribution < 1.29 is 1.43 Å². The van der Waals surface area contributed by atoms with Crippen LogP contribution in [0.1, 0.15) is 66.1 Å². The number of terminal acetylenes is 1. The summed E-state index contributed by atoms with van der Waals surface area (Å²) in [5.41, 5.74) is 0. The molecule has 0 saturated heterocycles. The van der Waals surface area contributed by atoms with E-state index in [9.17, 15) is 0 Å². The molecule has 0 rings (SSSR count). The summed E-state index contributed by atoms with van der Waals surface area (Å²) in [5, 5.41) is 0. The van der Waals surface area contributed by atoms with Crippen molar-refractivity contribution in [3.8, 4) is 12.3 Å². The summed E-state index contributed by atoms with van der Waals surface area (Å²) in [6.07, 6.45) is 17.1. The van der Waals surface area contributed by atoms with Crippen molar-refractivity contribution in [1.82, 2.24) is 0 Å². The van der Waals surface area contributed by atoms with Gasteiger partial charge < -0.3 is 0 Å². The van der Waals surface area contributed by atoms with E-state index in [0.717, 1.165) is 33.1 Å². The van der Waals surface area contributed by atoms with Crippen LogP contribution in [0.15, 0.2) is 0 Å². The molecule has 0 aromatic carbocycles. The van der Waals surface area contributed by atoms with Crippen LogP contribution in [-0.2, 0) is 0 Å². The minimum atomic E-state index is -0.139. The van der Waals surface area contributed by atoms with Crippen molar-refractivity contribution in [2.45, 2.75) is 82.1 Å². The first-order valence-corrected chi connectivity index (χ1v) is 13.9. The molecule has 0 aromatic rings. The van der Waals surface area contributed by atoms with Crippen LogP contribution in [0.25, 0.3) is 0 Å². The van der Waals surface area contributed by atoms with Gasteiger partial charge in [0.25, 0.3) is 14.1 Å². The molecule has 0 amide bonds. The van der Waals surface area contributed by atoms with Crippen molar-refractivity contribution >= 4 is 48.7 Å². The Kier molecular flexibility index (Phi) is 36.4. The molecule has 0 radical (unpaired) electrons. The van der Waals surface area contributed by atoms with E-state index < -0.39 is 0 Å². The summed E-state index contributed by atoms with van der Waals surface area (Å²) in [5.74, 6) is 9.60. The van der Waals surface area contributed by atoms with Crippen molar-refractivity contribution in [3.05, 3.63) is 0 Å². The van der Waals surface area contributed by atoms with Gasteiger partial charge >= 0.3 is 34.6 Å². The molecule has 0 aliphatic rings. The van der Waals surface area contributed by atoms with Crippen LogP contribution in [-0.4, -0.2) is 40.8 Å². The van der Waals surface area contributed by atoms with Gasteiger partial charge in [0.2, 0.25) is 0 Å². The molecule has 0 heterocycles. The number of rotatable bonds is 8. The van der Waals surface area contributed by atoms with Gasteiger partial charge in [-0.1, -0.05) is 51.9 Å². The predicted molar refractivity (Wildman–Crippen MR) is 93.1 cm³/mol. The van der Waals surface area contributed by atoms with Crippen molar-refractivity contribution in [2.75, 3.05) is 0 Å². The van der Waals surface area contributed by atoms with Crippen LogP contribution < -0.4 is 0 Å². The van der Waals surface area contributed by atoms with Crippen LogP contribution in [0.5, 0.6) is 0 Å². The van der Waals surface area contributed by atoms with Crippen LogP contribution in [0.3, 0.4) is 0 Å². The Balaban J connectivity index is -0.000000137. The molecule has 0 fully saturated rings. The van der Waals surface area contributed by atoms with E-state index in [1.165, 1.54) is 51.4 Å². The molecule has 0 nitrogen and oxygen atoms in total. The molecule has 0 bridgehead atoms. The molecule has 0 saturated carbocycles. The zero-order valence-corrected chi connectivity index (χ0v) is 17.3. The first kappa shape index (κ1) is 24.4. The molecule has 18 heavy (non-hydrogen) atoms. The average Bonchev–Trinajstić information content (AvgIpc) is 2.34. The molecule has 0 spiro atoms. The van der Waals surface area contributed by atoms with Crippen LogP contribution >= 0.6 is 7.91 Å². The molecule has 104 valence electrons. The van der Waals surface area contributed by atoms with E-state index in [4.69, 9.17) is 14.3 Å². The van der Waals surface area contributed by atoms with E-state index in [1.807, 2.05) is 0 Å². The summed E-state index contributed by atoms with van der Waals surface area (Å²) in [6.45, 7) is 2.26. The fraction of sp³-hybridized carbons (Fsp3) is 0.867. The van der Waals surface area contributed by atoms with Crippen LogP contribution in [0, 0.1) is 12.3 Å². The van der Waals surface area contributed by atoms with E-state index in [0.29, 0.717) is 0 Å². The van der Waals surface area contributed by atoms with E-state index in [1.54, 1.807) is 0 Å². The Hall–Kier alpha value is 1.38. The topological polar surface area (TPSA) is 0 Å². The summed E-state index contributed by atoms with van der Waals surface area (Å²) >= 11 is 0.639. The third kappa shape index (κ3) is 43.3. The summed E-state index contributed by atoms with van der Waals surface area (Å²) in [6, 6.07) is 0. The van der Waals surface area contributed by atoms with Crippen LogP contribution in [0.2, 0.25) is 17.4 Å². The Morgan fingerprint density at radius 1 is 0.944 bits per heavy atom. The molecule has 0 aliphatic heterocycles. The van der Waals surface area contributed by atoms with Gasteiger partial charge in [-0.05, 0) is 6.42 Å². The second-order valence-corrected chi connectivity index (χ2v) is 8.63. The van der Waals surface area contributed by atoms with Gasteiger partial charge in [-0.3, -0.25) is 0 Å². The maximum atomic E-state index is 5.16. The number of hydrogen-bond acceptors (Lipinski definition) is 0. The van der Waals surface area contributed by atoms with Gasteiger partial charge in [0.1, 0.15) is 0 Å². The summed E-state index contributed by atoms with van der Waals surface area (Å²) in [7, 11) is 4.78. The molecule has 0 unspecified atom stereocenters. The number of halogens is 1. The van der Waals surface area contributed by atoms with E-state index in [-0.39, 0.29) is 15.6 Å². The fourth-order valence-electron chi connectivity index (χ4n) is 1.36. The number of hydrogen-bond donors (Lipinski definition) is 0. The van der Waals surface area contributed by atoms with Gasteiger partial charge in [-0.25, -0.2) is 0 Å². The minimum absolute atomic E-state index is 0. The standard InChI is InChI=1S/C12H22.3CH3.Al.ClH.Na.H2/c1-3-5-7-9-11-12-10-8-6-4-2;;;;;;;/h1H,4-12H2,2H3;3*1H3;;1H;;1H/q;;;;;;+1;/p-1. The summed E-state index contributed by atoms with van der Waals surface area (Å²) in [4.78, 5) is 0. The van der Waals surface area contributed by atoms with Gasteiger partial charge in [0.05, 0.1) is 0 Å². The zero-order chi connectivity index (χ0) is 14.6. The Labute approximate surface area is 143 Å². The van der Waals surface area contributed by atoms with Gasteiger partial charge in [0, 0.05) is 7.85 Å². The monoisotopic (exact) mass is 298 g/mol. The second-order valence-electron chi connectivity index (χ2n) is 5.16. The van der Waals surface area contributed by atoms with Crippen molar-refractivity contribution in [1.29, 1.82) is 0 Å². The molecule has 3 heteroatoms. The fourth-order valence-corrected chi connectivity index (χ4v) is 1.36. The second kappa shape index (κ2) is 26.9. The quantitative estimate of drug-likeness (QED) is 0.289. The molecular weight excluding hydrogens is 266 g/mol. The SMILES string of the molecule is C#CCCCCCCCCCC.[CH3][Al]([CH3])[CH3].[HH].[Na][Cl]. The molecular formula is C15H33AlClNa. The third-order valence-corrected chi connectivity index (χ3v) is 2.17. The van der Waals surface area contributed by atoms with E-state index in [2.05, 4.69) is 30.2 Å². The average molecular weight is 299 g/mol. The van der Waals surface area contributed by atoms with Crippen molar-refractivity contribution in [3.63, 3.8) is 0 Å². The maximum absolute atomic E-state index is 5.16. The third-order valence-electron chi connectivity index (χ3n) is 2.17. The Morgan fingerprint density at radius 3 is 1.61 bits per heavy atom. The van der Waals surface area contributed by atoms with E-state index >= 15 is 0 Å². The molecule has 0 aliphatic carbocycles. The predicted octanol–water partition coefficient (Wildman–Crippen LogP) is 6.08.